The summed E-state index contributed by atoms with van der Waals surface area (Å²) < 4.78 is 7.84. The number of aliphatic hydroxyl groups is 1. The third kappa shape index (κ3) is 2.35. The Balaban J connectivity index is 2.27. The Hall–Kier alpha value is -0.940. The lowest BCUT2D eigenvalue weighted by Crippen LogP contribution is -2.31. The van der Waals surface area contributed by atoms with Crippen molar-refractivity contribution in [3.05, 3.63) is 11.9 Å². The van der Waals surface area contributed by atoms with Gasteiger partial charge in [-0.3, -0.25) is 0 Å². The smallest absolute Gasteiger partial charge is 0.111 e. The summed E-state index contributed by atoms with van der Waals surface area (Å²) in [6, 6.07) is 0.150. The molecule has 0 aromatic carbocycles. The molecule has 2 atom stereocenters. The number of aromatic nitrogens is 3. The van der Waals surface area contributed by atoms with Gasteiger partial charge in [-0.1, -0.05) is 5.21 Å². The van der Waals surface area contributed by atoms with Crippen LogP contribution >= 0.6 is 0 Å². The van der Waals surface area contributed by atoms with Gasteiger partial charge in [-0.2, -0.15) is 0 Å². The number of ether oxygens (including phenoxy) is 1. The Morgan fingerprint density at radius 3 is 2.53 bits per heavy atom. The van der Waals surface area contributed by atoms with Crippen LogP contribution in [0.3, 0.4) is 0 Å². The van der Waals surface area contributed by atoms with Gasteiger partial charge >= 0.3 is 0 Å². The predicted octanol–water partition coefficient (Wildman–Crippen LogP) is 1.85. The lowest BCUT2D eigenvalue weighted by Gasteiger charge is -2.26. The van der Waals surface area contributed by atoms with Gasteiger partial charge in [0.1, 0.15) is 5.69 Å². The summed E-state index contributed by atoms with van der Waals surface area (Å²) in [5.41, 5.74) is 0.184. The van der Waals surface area contributed by atoms with Crippen LogP contribution < -0.4 is 0 Å². The van der Waals surface area contributed by atoms with Crippen LogP contribution in [0.15, 0.2) is 6.20 Å². The zero-order valence-corrected chi connectivity index (χ0v) is 11.1. The van der Waals surface area contributed by atoms with Crippen LogP contribution in [0.1, 0.15) is 58.9 Å². The van der Waals surface area contributed by atoms with E-state index in [9.17, 15) is 5.11 Å². The van der Waals surface area contributed by atoms with E-state index in [0.29, 0.717) is 5.69 Å². The Labute approximate surface area is 102 Å². The molecule has 5 heteroatoms. The molecule has 96 valence electrons. The van der Waals surface area contributed by atoms with Gasteiger partial charge in [0, 0.05) is 6.42 Å². The molecule has 1 aromatic rings. The first-order chi connectivity index (χ1) is 7.71. The highest BCUT2D eigenvalue weighted by atomic mass is 16.5. The number of rotatable bonds is 2. The number of hydrogen-bond acceptors (Lipinski definition) is 4. The maximum atomic E-state index is 9.47. The molecule has 17 heavy (non-hydrogen) atoms. The van der Waals surface area contributed by atoms with Gasteiger partial charge in [-0.15, -0.1) is 5.10 Å². The molecular weight excluding hydrogens is 218 g/mol. The quantitative estimate of drug-likeness (QED) is 0.855. The van der Waals surface area contributed by atoms with Crippen molar-refractivity contribution < 1.29 is 9.84 Å². The average molecular weight is 239 g/mol. The Morgan fingerprint density at radius 1 is 1.47 bits per heavy atom. The van der Waals surface area contributed by atoms with Crippen molar-refractivity contribution in [2.75, 3.05) is 0 Å². The molecule has 1 N–H and O–H groups in total. The van der Waals surface area contributed by atoms with E-state index in [-0.39, 0.29) is 17.2 Å². The zero-order valence-electron chi connectivity index (χ0n) is 11.1. The molecule has 1 fully saturated rings. The van der Waals surface area contributed by atoms with E-state index in [1.807, 2.05) is 10.9 Å². The number of nitrogens with zero attached hydrogens (tertiary/aromatic N) is 3. The lowest BCUT2D eigenvalue weighted by atomic mass is 9.95. The maximum absolute atomic E-state index is 9.47. The molecule has 1 aromatic heterocycles. The third-order valence-corrected chi connectivity index (χ3v) is 3.30. The molecule has 0 amide bonds. The fourth-order valence-corrected chi connectivity index (χ4v) is 2.58. The minimum Gasteiger partial charge on any atom is -0.387 e. The minimum absolute atomic E-state index is 0.148. The third-order valence-electron chi connectivity index (χ3n) is 3.30. The SMILES string of the molecule is CC(O)c1cn(C2CC(C)(C)OC2(C)C)nn1. The Kier molecular flexibility index (Phi) is 2.78. The second-order valence-electron chi connectivity index (χ2n) is 5.98. The fraction of sp³-hybridized carbons (Fsp3) is 0.833. The van der Waals surface area contributed by atoms with Crippen molar-refractivity contribution in [2.24, 2.45) is 0 Å². The van der Waals surface area contributed by atoms with Gasteiger partial charge in [-0.05, 0) is 34.6 Å². The van der Waals surface area contributed by atoms with Gasteiger partial charge in [0.15, 0.2) is 0 Å². The largest absolute Gasteiger partial charge is 0.387 e. The molecule has 2 heterocycles. The highest BCUT2D eigenvalue weighted by Crippen LogP contribution is 2.44. The topological polar surface area (TPSA) is 60.2 Å². The summed E-state index contributed by atoms with van der Waals surface area (Å²) in [6.07, 6.45) is 2.12. The predicted molar refractivity (Wildman–Crippen MR) is 63.6 cm³/mol. The van der Waals surface area contributed by atoms with E-state index in [1.165, 1.54) is 0 Å². The Bertz CT molecular complexity index is 410. The van der Waals surface area contributed by atoms with E-state index in [0.717, 1.165) is 6.42 Å². The van der Waals surface area contributed by atoms with Gasteiger partial charge < -0.3 is 9.84 Å². The van der Waals surface area contributed by atoms with E-state index in [4.69, 9.17) is 4.74 Å². The molecule has 1 saturated heterocycles. The average Bonchev–Trinajstić information content (AvgIpc) is 2.67. The molecule has 1 aliphatic heterocycles. The molecule has 1 aliphatic rings. The van der Waals surface area contributed by atoms with Crippen LogP contribution in [-0.2, 0) is 4.74 Å². The second kappa shape index (κ2) is 3.78. The summed E-state index contributed by atoms with van der Waals surface area (Å²) in [5.74, 6) is 0. The minimum atomic E-state index is -0.581. The van der Waals surface area contributed by atoms with Crippen molar-refractivity contribution in [3.63, 3.8) is 0 Å². The normalized spacial score (nSPS) is 28.2. The molecule has 0 saturated carbocycles. The highest BCUT2D eigenvalue weighted by Gasteiger charge is 2.47. The second-order valence-corrected chi connectivity index (χ2v) is 5.98. The molecule has 2 rings (SSSR count). The fourth-order valence-electron chi connectivity index (χ4n) is 2.58. The van der Waals surface area contributed by atoms with Crippen LogP contribution in [0, 0.1) is 0 Å². The van der Waals surface area contributed by atoms with Gasteiger partial charge in [0.05, 0.1) is 29.5 Å². The molecule has 0 bridgehead atoms. The first-order valence-electron chi connectivity index (χ1n) is 6.01. The summed E-state index contributed by atoms with van der Waals surface area (Å²) in [5, 5.41) is 17.6. The summed E-state index contributed by atoms with van der Waals surface area (Å²) in [7, 11) is 0. The molecular formula is C12H21N3O2. The maximum Gasteiger partial charge on any atom is 0.111 e. The van der Waals surface area contributed by atoms with E-state index < -0.39 is 6.10 Å². The number of aliphatic hydroxyl groups excluding tert-OH is 1. The lowest BCUT2D eigenvalue weighted by molar-refractivity contribution is -0.0738. The first-order valence-corrected chi connectivity index (χ1v) is 6.01. The van der Waals surface area contributed by atoms with E-state index >= 15 is 0 Å². The molecule has 0 radical (unpaired) electrons. The monoisotopic (exact) mass is 239 g/mol. The molecule has 0 aliphatic carbocycles. The van der Waals surface area contributed by atoms with Gasteiger partial charge in [-0.25, -0.2) is 4.68 Å². The van der Waals surface area contributed by atoms with Gasteiger partial charge in [0.2, 0.25) is 0 Å². The van der Waals surface area contributed by atoms with Crippen molar-refractivity contribution in [3.8, 4) is 0 Å². The first kappa shape index (κ1) is 12.5. The zero-order chi connectivity index (χ0) is 12.8. The Morgan fingerprint density at radius 2 is 2.12 bits per heavy atom. The molecule has 2 unspecified atom stereocenters. The summed E-state index contributed by atoms with van der Waals surface area (Å²) in [6.45, 7) is 9.99. The van der Waals surface area contributed by atoms with Crippen LogP contribution in [0.5, 0.6) is 0 Å². The van der Waals surface area contributed by atoms with Crippen LogP contribution in [0.25, 0.3) is 0 Å². The van der Waals surface area contributed by atoms with E-state index in [1.54, 1.807) is 6.92 Å². The van der Waals surface area contributed by atoms with Crippen LogP contribution in [0.2, 0.25) is 0 Å². The standard InChI is InChI=1S/C12H21N3O2/c1-8(16)9-7-15(14-13-9)10-6-11(2,3)17-12(10,4)5/h7-8,10,16H,6H2,1-5H3. The van der Waals surface area contributed by atoms with E-state index in [2.05, 4.69) is 38.0 Å². The van der Waals surface area contributed by atoms with Crippen molar-refractivity contribution >= 4 is 0 Å². The molecule has 5 nitrogen and oxygen atoms in total. The van der Waals surface area contributed by atoms with Crippen molar-refractivity contribution in [1.82, 2.24) is 15.0 Å². The summed E-state index contributed by atoms with van der Waals surface area (Å²) in [4.78, 5) is 0. The van der Waals surface area contributed by atoms with Gasteiger partial charge in [0.25, 0.3) is 0 Å². The van der Waals surface area contributed by atoms with Crippen molar-refractivity contribution in [1.29, 1.82) is 0 Å². The highest BCUT2D eigenvalue weighted by molar-refractivity contribution is 5.02. The summed E-state index contributed by atoms with van der Waals surface area (Å²) >= 11 is 0. The van der Waals surface area contributed by atoms with Crippen LogP contribution in [-0.4, -0.2) is 31.3 Å². The number of hydrogen-bond donors (Lipinski definition) is 1. The van der Waals surface area contributed by atoms with Crippen LogP contribution in [0.4, 0.5) is 0 Å². The molecule has 0 spiro atoms. The van der Waals surface area contributed by atoms with Crippen molar-refractivity contribution in [2.45, 2.75) is 64.4 Å².